The average Bonchev–Trinajstić information content (AvgIpc) is 2.67. The molecule has 0 spiro atoms. The Morgan fingerprint density at radius 3 is 3.24 bits per heavy atom. The van der Waals surface area contributed by atoms with Gasteiger partial charge in [0.25, 0.3) is 0 Å². The molecule has 0 bridgehead atoms. The summed E-state index contributed by atoms with van der Waals surface area (Å²) in [5.41, 5.74) is 2.14. The number of pyridine rings is 1. The van der Waals surface area contributed by atoms with Crippen LogP contribution in [0.3, 0.4) is 0 Å². The molecule has 5 nitrogen and oxygen atoms in total. The molecular formula is C12H16N4O. The lowest BCUT2D eigenvalue weighted by atomic mass is 10.1. The van der Waals surface area contributed by atoms with Crippen molar-refractivity contribution in [2.24, 2.45) is 0 Å². The zero-order chi connectivity index (χ0) is 11.8. The van der Waals surface area contributed by atoms with Crippen LogP contribution >= 0.6 is 0 Å². The van der Waals surface area contributed by atoms with Crippen LogP contribution in [0.15, 0.2) is 18.5 Å². The van der Waals surface area contributed by atoms with Crippen molar-refractivity contribution in [3.05, 3.63) is 24.2 Å². The first-order valence-corrected chi connectivity index (χ1v) is 5.82. The first-order valence-electron chi connectivity index (χ1n) is 5.82. The van der Waals surface area contributed by atoms with Gasteiger partial charge < -0.3 is 9.64 Å². The van der Waals surface area contributed by atoms with Crippen LogP contribution in [-0.2, 0) is 11.3 Å². The lowest BCUT2D eigenvalue weighted by Crippen LogP contribution is -2.29. The molecule has 3 heterocycles. The number of likely N-dealkylation sites (N-methyl/N-ethyl adjacent to an activating group) is 1. The number of hydrogen-bond acceptors (Lipinski definition) is 4. The molecule has 0 radical (unpaired) electrons. The third-order valence-electron chi connectivity index (χ3n) is 3.04. The van der Waals surface area contributed by atoms with Crippen molar-refractivity contribution in [1.82, 2.24) is 19.7 Å². The third-order valence-corrected chi connectivity index (χ3v) is 3.04. The summed E-state index contributed by atoms with van der Waals surface area (Å²) in [6.45, 7) is 2.43. The van der Waals surface area contributed by atoms with E-state index in [1.165, 1.54) is 5.69 Å². The first kappa shape index (κ1) is 10.7. The highest BCUT2D eigenvalue weighted by molar-refractivity contribution is 5.81. The van der Waals surface area contributed by atoms with E-state index in [4.69, 9.17) is 4.74 Å². The summed E-state index contributed by atoms with van der Waals surface area (Å²) in [6, 6.07) is 2.02. The summed E-state index contributed by atoms with van der Waals surface area (Å²) in [5, 5.41) is 5.73. The smallest absolute Gasteiger partial charge is 0.112 e. The van der Waals surface area contributed by atoms with E-state index < -0.39 is 0 Å². The van der Waals surface area contributed by atoms with Crippen molar-refractivity contribution in [2.45, 2.75) is 12.6 Å². The molecule has 0 aromatic carbocycles. The second-order valence-electron chi connectivity index (χ2n) is 4.62. The van der Waals surface area contributed by atoms with Gasteiger partial charge >= 0.3 is 0 Å². The monoisotopic (exact) mass is 232 g/mol. The topological polar surface area (TPSA) is 43.2 Å². The lowest BCUT2D eigenvalue weighted by molar-refractivity contribution is 0.00345. The van der Waals surface area contributed by atoms with Gasteiger partial charge in [-0.3, -0.25) is 9.67 Å². The fourth-order valence-electron chi connectivity index (χ4n) is 2.35. The van der Waals surface area contributed by atoms with Gasteiger partial charge in [0.15, 0.2) is 0 Å². The highest BCUT2D eigenvalue weighted by Crippen LogP contribution is 2.29. The molecule has 0 saturated carbocycles. The maximum atomic E-state index is 5.86. The van der Waals surface area contributed by atoms with Gasteiger partial charge in [-0.25, -0.2) is 0 Å². The Kier molecular flexibility index (Phi) is 2.57. The van der Waals surface area contributed by atoms with Gasteiger partial charge in [-0.15, -0.1) is 0 Å². The van der Waals surface area contributed by atoms with E-state index >= 15 is 0 Å². The molecule has 0 N–H and O–H groups in total. The second-order valence-corrected chi connectivity index (χ2v) is 4.62. The molecule has 1 unspecified atom stereocenters. The fraction of sp³-hybridized carbons (Fsp3) is 0.500. The van der Waals surface area contributed by atoms with Crippen LogP contribution in [0.2, 0.25) is 0 Å². The van der Waals surface area contributed by atoms with Crippen LogP contribution in [0.4, 0.5) is 0 Å². The standard InChI is InChI=1S/C12H16N4O/c1-15(2)8-11-12-9-3-4-13-7-10(9)14-16(12)5-6-17-11/h3-4,7,11H,5-6,8H2,1-2H3. The van der Waals surface area contributed by atoms with Gasteiger partial charge in [0.05, 0.1) is 25.0 Å². The van der Waals surface area contributed by atoms with Crippen molar-refractivity contribution in [3.63, 3.8) is 0 Å². The van der Waals surface area contributed by atoms with Gasteiger partial charge in [0, 0.05) is 18.1 Å². The maximum absolute atomic E-state index is 5.86. The zero-order valence-electron chi connectivity index (χ0n) is 10.1. The van der Waals surface area contributed by atoms with Gasteiger partial charge in [0.2, 0.25) is 0 Å². The molecule has 0 aliphatic carbocycles. The molecule has 1 atom stereocenters. The Bertz CT molecular complexity index is 534. The van der Waals surface area contributed by atoms with Crippen LogP contribution in [-0.4, -0.2) is 46.9 Å². The minimum absolute atomic E-state index is 0.103. The molecule has 3 rings (SSSR count). The highest BCUT2D eigenvalue weighted by Gasteiger charge is 2.25. The molecule has 90 valence electrons. The fourth-order valence-corrected chi connectivity index (χ4v) is 2.35. The molecular weight excluding hydrogens is 216 g/mol. The number of rotatable bonds is 2. The van der Waals surface area contributed by atoms with E-state index in [2.05, 4.69) is 33.8 Å². The normalized spacial score (nSPS) is 19.8. The molecule has 1 aliphatic heterocycles. The van der Waals surface area contributed by atoms with Crippen LogP contribution in [0.5, 0.6) is 0 Å². The Labute approximate surface area is 100.0 Å². The van der Waals surface area contributed by atoms with E-state index in [1.807, 2.05) is 18.5 Å². The van der Waals surface area contributed by atoms with E-state index in [0.29, 0.717) is 0 Å². The Balaban J connectivity index is 2.10. The van der Waals surface area contributed by atoms with Gasteiger partial charge in [0.1, 0.15) is 11.6 Å². The summed E-state index contributed by atoms with van der Waals surface area (Å²) in [5.74, 6) is 0. The van der Waals surface area contributed by atoms with Crippen molar-refractivity contribution in [3.8, 4) is 0 Å². The molecule has 2 aromatic heterocycles. The van der Waals surface area contributed by atoms with Gasteiger partial charge in [-0.1, -0.05) is 0 Å². The van der Waals surface area contributed by atoms with Crippen LogP contribution in [0, 0.1) is 0 Å². The number of ether oxygens (including phenoxy) is 1. The van der Waals surface area contributed by atoms with Crippen LogP contribution in [0.1, 0.15) is 11.8 Å². The molecule has 1 aliphatic rings. The second kappa shape index (κ2) is 4.09. The summed E-state index contributed by atoms with van der Waals surface area (Å²) >= 11 is 0. The van der Waals surface area contributed by atoms with E-state index in [-0.39, 0.29) is 6.10 Å². The summed E-state index contributed by atoms with van der Waals surface area (Å²) in [7, 11) is 4.12. The Morgan fingerprint density at radius 1 is 1.53 bits per heavy atom. The molecule has 0 saturated heterocycles. The predicted octanol–water partition coefficient (Wildman–Crippen LogP) is 1.06. The summed E-state index contributed by atoms with van der Waals surface area (Å²) < 4.78 is 7.92. The summed E-state index contributed by atoms with van der Waals surface area (Å²) in [6.07, 6.45) is 3.73. The van der Waals surface area contributed by atoms with E-state index in [1.54, 1.807) is 0 Å². The molecule has 0 fully saturated rings. The Hall–Kier alpha value is -1.46. The minimum atomic E-state index is 0.103. The largest absolute Gasteiger partial charge is 0.369 e. The number of aromatic nitrogens is 3. The molecule has 17 heavy (non-hydrogen) atoms. The first-order chi connectivity index (χ1) is 8.25. The maximum Gasteiger partial charge on any atom is 0.112 e. The summed E-state index contributed by atoms with van der Waals surface area (Å²) in [4.78, 5) is 6.25. The van der Waals surface area contributed by atoms with E-state index in [9.17, 15) is 0 Å². The molecule has 0 amide bonds. The zero-order valence-corrected chi connectivity index (χ0v) is 10.1. The average molecular weight is 232 g/mol. The van der Waals surface area contributed by atoms with Crippen molar-refractivity contribution < 1.29 is 4.74 Å². The Morgan fingerprint density at radius 2 is 2.41 bits per heavy atom. The third kappa shape index (κ3) is 1.81. The number of hydrogen-bond donors (Lipinski definition) is 0. The van der Waals surface area contributed by atoms with Crippen LogP contribution < -0.4 is 0 Å². The molecule has 5 heteroatoms. The SMILES string of the molecule is CN(C)CC1OCCn2nc3cnccc3c21. The van der Waals surface area contributed by atoms with Crippen LogP contribution in [0.25, 0.3) is 10.9 Å². The van der Waals surface area contributed by atoms with Gasteiger partial charge in [-0.2, -0.15) is 5.10 Å². The molecule has 2 aromatic rings. The van der Waals surface area contributed by atoms with Crippen molar-refractivity contribution in [1.29, 1.82) is 0 Å². The highest BCUT2D eigenvalue weighted by atomic mass is 16.5. The van der Waals surface area contributed by atoms with Crippen molar-refractivity contribution in [2.75, 3.05) is 27.2 Å². The quantitative estimate of drug-likeness (QED) is 0.776. The van der Waals surface area contributed by atoms with Crippen molar-refractivity contribution >= 4 is 10.9 Å². The van der Waals surface area contributed by atoms with E-state index in [0.717, 1.165) is 30.6 Å². The predicted molar refractivity (Wildman–Crippen MR) is 64.8 cm³/mol. The number of nitrogens with zero attached hydrogens (tertiary/aromatic N) is 4. The minimum Gasteiger partial charge on any atom is -0.369 e. The number of fused-ring (bicyclic) bond motifs is 3. The van der Waals surface area contributed by atoms with Gasteiger partial charge in [-0.05, 0) is 20.2 Å². The lowest BCUT2D eigenvalue weighted by Gasteiger charge is -2.27.